The Hall–Kier alpha value is -4.43. The van der Waals surface area contributed by atoms with Gasteiger partial charge in [0.2, 0.25) is 0 Å². The quantitative estimate of drug-likeness (QED) is 0.304. The minimum atomic E-state index is -0.973. The molecule has 2 amide bonds. The number of nitrogens with one attached hydrogen (secondary N) is 3. The highest BCUT2D eigenvalue weighted by Crippen LogP contribution is 2.25. The number of aryl methyl sites for hydroxylation is 1. The molecule has 8 nitrogen and oxygen atoms in total. The maximum atomic E-state index is 13.3. The van der Waals surface area contributed by atoms with Crippen molar-refractivity contribution in [1.82, 2.24) is 15.5 Å². The number of nitrogens with zero attached hydrogens (tertiary/aromatic N) is 1. The highest BCUT2D eigenvalue weighted by molar-refractivity contribution is 5.97. The lowest BCUT2D eigenvalue weighted by Crippen LogP contribution is -2.37. The minimum Gasteiger partial charge on any atom is -0.445 e. The van der Waals surface area contributed by atoms with Gasteiger partial charge in [0.25, 0.3) is 5.91 Å². The second-order valence-electron chi connectivity index (χ2n) is 8.06. The van der Waals surface area contributed by atoms with Gasteiger partial charge in [0.15, 0.2) is 0 Å². The fraction of sp³-hybridized carbons (Fsp3) is 0.148. The first kappa shape index (κ1) is 23.7. The summed E-state index contributed by atoms with van der Waals surface area (Å²) < 4.78 is 5.36. The Kier molecular flexibility index (Phi) is 7.54. The molecule has 4 rings (SSSR count). The van der Waals surface area contributed by atoms with Gasteiger partial charge < -0.3 is 21.1 Å². The average Bonchev–Trinajstić information content (AvgIpc) is 3.32. The van der Waals surface area contributed by atoms with Crippen LogP contribution >= 0.6 is 0 Å². The summed E-state index contributed by atoms with van der Waals surface area (Å²) in [5.74, 6) is -0.400. The van der Waals surface area contributed by atoms with Crippen LogP contribution in [0, 0.1) is 6.92 Å². The van der Waals surface area contributed by atoms with Crippen LogP contribution in [0.15, 0.2) is 85.1 Å². The van der Waals surface area contributed by atoms with Crippen LogP contribution in [-0.2, 0) is 22.7 Å². The third kappa shape index (κ3) is 6.13. The maximum Gasteiger partial charge on any atom is 0.408 e. The van der Waals surface area contributed by atoms with Crippen molar-refractivity contribution >= 4 is 17.7 Å². The zero-order valence-electron chi connectivity index (χ0n) is 19.3. The van der Waals surface area contributed by atoms with Crippen molar-refractivity contribution in [2.75, 3.05) is 5.32 Å². The third-order valence-corrected chi connectivity index (χ3v) is 5.55. The zero-order valence-corrected chi connectivity index (χ0v) is 19.3. The Bertz CT molecular complexity index is 1290. The summed E-state index contributed by atoms with van der Waals surface area (Å²) in [6, 6.07) is 23.0. The molecule has 0 unspecified atom stereocenters. The molecule has 0 spiro atoms. The van der Waals surface area contributed by atoms with Gasteiger partial charge in [0.1, 0.15) is 12.6 Å². The van der Waals surface area contributed by atoms with E-state index in [1.165, 1.54) is 0 Å². The maximum absolute atomic E-state index is 13.3. The van der Waals surface area contributed by atoms with Crippen molar-refractivity contribution < 1.29 is 14.3 Å². The fourth-order valence-electron chi connectivity index (χ4n) is 3.67. The summed E-state index contributed by atoms with van der Waals surface area (Å²) in [7, 11) is 0. The van der Waals surface area contributed by atoms with Crippen LogP contribution in [0.2, 0.25) is 0 Å². The molecule has 0 aliphatic carbocycles. The summed E-state index contributed by atoms with van der Waals surface area (Å²) >= 11 is 0. The molecule has 0 fully saturated rings. The van der Waals surface area contributed by atoms with E-state index in [4.69, 9.17) is 10.5 Å². The molecule has 3 aromatic carbocycles. The van der Waals surface area contributed by atoms with Crippen molar-refractivity contribution in [1.29, 1.82) is 0 Å². The summed E-state index contributed by atoms with van der Waals surface area (Å²) in [4.78, 5) is 25.9. The largest absolute Gasteiger partial charge is 0.445 e. The van der Waals surface area contributed by atoms with Crippen LogP contribution in [0.25, 0.3) is 11.1 Å². The highest BCUT2D eigenvalue weighted by Gasteiger charge is 2.24. The highest BCUT2D eigenvalue weighted by atomic mass is 16.5. The number of amides is 2. The summed E-state index contributed by atoms with van der Waals surface area (Å²) in [5, 5.41) is 12.5. The van der Waals surface area contributed by atoms with Crippen molar-refractivity contribution in [3.05, 3.63) is 107 Å². The van der Waals surface area contributed by atoms with E-state index >= 15 is 0 Å². The molecule has 8 heteroatoms. The summed E-state index contributed by atoms with van der Waals surface area (Å²) in [6.45, 7) is 2.39. The molecule has 0 aliphatic heterocycles. The van der Waals surface area contributed by atoms with Gasteiger partial charge in [-0.3, -0.25) is 9.89 Å². The molecule has 0 radical (unpaired) electrons. The number of ether oxygens (including phenoxy) is 1. The van der Waals surface area contributed by atoms with Crippen LogP contribution < -0.4 is 16.4 Å². The first-order valence-corrected chi connectivity index (χ1v) is 11.2. The van der Waals surface area contributed by atoms with E-state index in [1.807, 2.05) is 61.5 Å². The Morgan fingerprint density at radius 2 is 1.74 bits per heavy atom. The fourth-order valence-corrected chi connectivity index (χ4v) is 3.67. The lowest BCUT2D eigenvalue weighted by Gasteiger charge is -2.19. The number of nitrogens with two attached hydrogens (primary N) is 1. The number of alkyl carbamates (subject to hydrolysis) is 1. The monoisotopic (exact) mass is 469 g/mol. The first-order valence-electron chi connectivity index (χ1n) is 11.2. The molecule has 0 saturated carbocycles. The molecular formula is C27H27N5O3. The molecule has 1 aromatic heterocycles. The number of aromatic amines is 1. The van der Waals surface area contributed by atoms with E-state index in [0.717, 1.165) is 27.9 Å². The molecule has 5 N–H and O–H groups in total. The van der Waals surface area contributed by atoms with Crippen molar-refractivity contribution in [2.24, 2.45) is 5.73 Å². The van der Waals surface area contributed by atoms with Gasteiger partial charge in [-0.2, -0.15) is 5.10 Å². The molecule has 35 heavy (non-hydrogen) atoms. The average molecular weight is 470 g/mol. The van der Waals surface area contributed by atoms with Crippen LogP contribution in [0.1, 0.15) is 28.4 Å². The Morgan fingerprint density at radius 3 is 2.43 bits per heavy atom. The van der Waals surface area contributed by atoms with E-state index in [2.05, 4.69) is 20.8 Å². The van der Waals surface area contributed by atoms with Crippen molar-refractivity contribution in [3.8, 4) is 11.1 Å². The van der Waals surface area contributed by atoms with Crippen LogP contribution in [0.3, 0.4) is 0 Å². The van der Waals surface area contributed by atoms with Crippen molar-refractivity contribution in [3.63, 3.8) is 0 Å². The lowest BCUT2D eigenvalue weighted by atomic mass is 10.0. The van der Waals surface area contributed by atoms with Gasteiger partial charge >= 0.3 is 6.09 Å². The van der Waals surface area contributed by atoms with Crippen molar-refractivity contribution in [2.45, 2.75) is 26.1 Å². The van der Waals surface area contributed by atoms with Crippen LogP contribution in [-0.4, -0.2) is 22.2 Å². The standard InChI is InChI=1S/C27H27N5O3/c1-18-24(16-29-32-18)21-10-12-22(13-11-21)25(26(33)30-23-9-5-8-20(14-23)15-28)31-27(34)35-17-19-6-3-2-4-7-19/h2-14,16,25H,15,17,28H2,1H3,(H,29,32)(H,30,33)(H,31,34)/t25-/m1/s1. The van der Waals surface area contributed by atoms with Gasteiger partial charge in [-0.15, -0.1) is 0 Å². The number of hydrogen-bond acceptors (Lipinski definition) is 5. The molecule has 0 aliphatic rings. The smallest absolute Gasteiger partial charge is 0.408 e. The second kappa shape index (κ2) is 11.1. The number of rotatable bonds is 8. The summed E-state index contributed by atoms with van der Waals surface area (Å²) in [6.07, 6.45) is 1.05. The van der Waals surface area contributed by atoms with Gasteiger partial charge in [-0.1, -0.05) is 66.7 Å². The molecule has 1 heterocycles. The predicted molar refractivity (Wildman–Crippen MR) is 134 cm³/mol. The topological polar surface area (TPSA) is 122 Å². The predicted octanol–water partition coefficient (Wildman–Crippen LogP) is 4.45. The number of carbonyl (C=O) groups is 2. The van der Waals surface area contributed by atoms with Crippen LogP contribution in [0.4, 0.5) is 10.5 Å². The molecule has 178 valence electrons. The van der Waals surface area contributed by atoms with E-state index < -0.39 is 18.0 Å². The number of benzene rings is 3. The normalized spacial score (nSPS) is 11.5. The Morgan fingerprint density at radius 1 is 1.00 bits per heavy atom. The molecule has 0 saturated heterocycles. The molecule has 1 atom stereocenters. The van der Waals surface area contributed by atoms with Gasteiger partial charge in [-0.05, 0) is 41.3 Å². The summed E-state index contributed by atoms with van der Waals surface area (Å²) in [5.41, 5.74) is 11.5. The lowest BCUT2D eigenvalue weighted by molar-refractivity contribution is -0.118. The van der Waals surface area contributed by atoms with E-state index in [1.54, 1.807) is 30.5 Å². The number of anilines is 1. The molecule has 4 aromatic rings. The number of aromatic nitrogens is 2. The van der Waals surface area contributed by atoms with E-state index in [0.29, 0.717) is 17.8 Å². The van der Waals surface area contributed by atoms with E-state index in [-0.39, 0.29) is 6.61 Å². The third-order valence-electron chi connectivity index (χ3n) is 5.55. The number of hydrogen-bond donors (Lipinski definition) is 4. The van der Waals surface area contributed by atoms with Gasteiger partial charge in [0, 0.05) is 23.5 Å². The minimum absolute atomic E-state index is 0.0955. The SMILES string of the molecule is Cc1[nH]ncc1-c1ccc([C@@H](NC(=O)OCc2ccccc2)C(=O)Nc2cccc(CN)c2)cc1. The molecule has 0 bridgehead atoms. The van der Waals surface area contributed by atoms with Gasteiger partial charge in [-0.25, -0.2) is 4.79 Å². The van der Waals surface area contributed by atoms with E-state index in [9.17, 15) is 9.59 Å². The number of carbonyl (C=O) groups excluding carboxylic acids is 2. The Labute approximate surface area is 203 Å². The second-order valence-corrected chi connectivity index (χ2v) is 8.06. The van der Waals surface area contributed by atoms with Crippen LogP contribution in [0.5, 0.6) is 0 Å². The first-order chi connectivity index (χ1) is 17.0. The van der Waals surface area contributed by atoms with Gasteiger partial charge in [0.05, 0.1) is 6.20 Å². The number of H-pyrrole nitrogens is 1. The zero-order chi connectivity index (χ0) is 24.6. The molecular weight excluding hydrogens is 442 g/mol. The Balaban J connectivity index is 1.53.